The van der Waals surface area contributed by atoms with E-state index in [9.17, 15) is 18.0 Å². The van der Waals surface area contributed by atoms with Gasteiger partial charge in [-0.05, 0) is 78.4 Å². The van der Waals surface area contributed by atoms with Gasteiger partial charge in [0.05, 0.1) is 23.8 Å². The van der Waals surface area contributed by atoms with Crippen LogP contribution in [0.3, 0.4) is 0 Å². The smallest absolute Gasteiger partial charge is 0.343 e. The molecule has 0 aliphatic heterocycles. The fourth-order valence-electron chi connectivity index (χ4n) is 3.28. The number of hydrogen-bond acceptors (Lipinski definition) is 7. The van der Waals surface area contributed by atoms with Gasteiger partial charge in [0.2, 0.25) is 0 Å². The quantitative estimate of drug-likeness (QED) is 0.143. The maximum atomic E-state index is 12.4. The van der Waals surface area contributed by atoms with Gasteiger partial charge in [0, 0.05) is 11.3 Å². The molecule has 4 rings (SSSR count). The fourth-order valence-corrected chi connectivity index (χ4v) is 4.36. The molecule has 0 heterocycles. The van der Waals surface area contributed by atoms with E-state index in [0.717, 1.165) is 0 Å². The van der Waals surface area contributed by atoms with Crippen LogP contribution in [0.15, 0.2) is 113 Å². The topological polar surface area (TPSA) is 123 Å². The first-order chi connectivity index (χ1) is 18.3. The number of carbonyl (C=O) groups is 2. The molecule has 0 aromatic heterocycles. The van der Waals surface area contributed by atoms with Gasteiger partial charge in [0.25, 0.3) is 15.9 Å². The average molecular weight is 530 g/mol. The van der Waals surface area contributed by atoms with Crippen LogP contribution in [0.25, 0.3) is 0 Å². The van der Waals surface area contributed by atoms with Crippen LogP contribution in [-0.4, -0.2) is 33.6 Å². The van der Waals surface area contributed by atoms with E-state index >= 15 is 0 Å². The summed E-state index contributed by atoms with van der Waals surface area (Å²) in [6.07, 6.45) is 1.41. The first-order valence-corrected chi connectivity index (χ1v) is 12.8. The molecule has 0 aliphatic rings. The summed E-state index contributed by atoms with van der Waals surface area (Å²) in [6, 6.07) is 27.1. The molecule has 9 nitrogen and oxygen atoms in total. The molecular weight excluding hydrogens is 506 g/mol. The van der Waals surface area contributed by atoms with Crippen molar-refractivity contribution in [3.05, 3.63) is 120 Å². The molecular formula is C28H23N3O6S. The third-order valence-electron chi connectivity index (χ3n) is 5.23. The van der Waals surface area contributed by atoms with Crippen LogP contribution < -0.4 is 19.6 Å². The monoisotopic (exact) mass is 529 g/mol. The predicted molar refractivity (Wildman–Crippen MR) is 143 cm³/mol. The number of nitrogens with zero attached hydrogens (tertiary/aromatic N) is 1. The highest BCUT2D eigenvalue weighted by atomic mass is 32.2. The second kappa shape index (κ2) is 11.8. The highest BCUT2D eigenvalue weighted by Crippen LogP contribution is 2.18. The Hall–Kier alpha value is -4.96. The lowest BCUT2D eigenvalue weighted by Gasteiger charge is -2.08. The zero-order chi connectivity index (χ0) is 27.0. The van der Waals surface area contributed by atoms with Crippen molar-refractivity contribution in [2.45, 2.75) is 4.90 Å². The van der Waals surface area contributed by atoms with E-state index in [4.69, 9.17) is 9.47 Å². The van der Waals surface area contributed by atoms with E-state index in [2.05, 4.69) is 15.2 Å². The normalized spacial score (nSPS) is 11.1. The van der Waals surface area contributed by atoms with E-state index in [0.29, 0.717) is 28.3 Å². The number of anilines is 1. The van der Waals surface area contributed by atoms with Crippen LogP contribution in [0.4, 0.5) is 5.69 Å². The molecule has 192 valence electrons. The van der Waals surface area contributed by atoms with Crippen molar-refractivity contribution in [1.82, 2.24) is 5.43 Å². The molecule has 0 saturated heterocycles. The lowest BCUT2D eigenvalue weighted by atomic mass is 10.2. The number of methoxy groups -OCH3 is 1. The molecule has 0 radical (unpaired) electrons. The van der Waals surface area contributed by atoms with Crippen LogP contribution in [0.5, 0.6) is 11.5 Å². The number of hydrogen-bond donors (Lipinski definition) is 2. The van der Waals surface area contributed by atoms with Crippen LogP contribution in [0.1, 0.15) is 26.3 Å². The van der Waals surface area contributed by atoms with Gasteiger partial charge in [-0.1, -0.05) is 30.3 Å². The summed E-state index contributed by atoms with van der Waals surface area (Å²) >= 11 is 0. The molecule has 0 atom stereocenters. The van der Waals surface area contributed by atoms with E-state index in [1.54, 1.807) is 73.8 Å². The Morgan fingerprint density at radius 3 is 2.16 bits per heavy atom. The lowest BCUT2D eigenvalue weighted by molar-refractivity contribution is 0.0734. The standard InChI is InChI=1S/C28H23N3O6S/c1-36-24-16-12-22(13-17-24)28(33)37-25-7-5-6-20(18-25)19-29-30-27(32)21-10-14-23(15-11-21)31-38(34,35)26-8-3-2-4-9-26/h2-19,31H,1H3,(H,30,32)/b29-19-. The summed E-state index contributed by atoms with van der Waals surface area (Å²) < 4.78 is 37.8. The molecule has 4 aromatic rings. The zero-order valence-corrected chi connectivity index (χ0v) is 21.0. The van der Waals surface area contributed by atoms with E-state index in [1.807, 2.05) is 0 Å². The second-order valence-corrected chi connectivity index (χ2v) is 9.57. The van der Waals surface area contributed by atoms with Gasteiger partial charge in [-0.15, -0.1) is 0 Å². The fraction of sp³-hybridized carbons (Fsp3) is 0.0357. The molecule has 0 unspecified atom stereocenters. The highest BCUT2D eigenvalue weighted by molar-refractivity contribution is 7.92. The molecule has 0 spiro atoms. The summed E-state index contributed by atoms with van der Waals surface area (Å²) in [5.74, 6) is -0.0644. The van der Waals surface area contributed by atoms with E-state index in [-0.39, 0.29) is 10.5 Å². The minimum absolute atomic E-state index is 0.135. The second-order valence-electron chi connectivity index (χ2n) is 7.89. The molecule has 0 aliphatic carbocycles. The Morgan fingerprint density at radius 1 is 0.789 bits per heavy atom. The lowest BCUT2D eigenvalue weighted by Crippen LogP contribution is -2.18. The van der Waals surface area contributed by atoms with Crippen LogP contribution >= 0.6 is 0 Å². The molecule has 10 heteroatoms. The molecule has 4 aromatic carbocycles. The SMILES string of the molecule is COc1ccc(C(=O)Oc2cccc(/C=N\NC(=O)c3ccc(NS(=O)(=O)c4ccccc4)cc3)c2)cc1. The third-order valence-corrected chi connectivity index (χ3v) is 6.62. The zero-order valence-electron chi connectivity index (χ0n) is 20.2. The minimum Gasteiger partial charge on any atom is -0.497 e. The number of rotatable bonds is 9. The maximum Gasteiger partial charge on any atom is 0.343 e. The number of hydrazone groups is 1. The van der Waals surface area contributed by atoms with Crippen LogP contribution in [-0.2, 0) is 10.0 Å². The average Bonchev–Trinajstić information content (AvgIpc) is 2.94. The van der Waals surface area contributed by atoms with E-state index in [1.165, 1.54) is 42.6 Å². The largest absolute Gasteiger partial charge is 0.497 e. The molecule has 0 saturated carbocycles. The Bertz CT molecular complexity index is 1550. The van der Waals surface area contributed by atoms with Gasteiger partial charge < -0.3 is 9.47 Å². The number of nitrogens with one attached hydrogen (secondary N) is 2. The predicted octanol–water partition coefficient (Wildman–Crippen LogP) is 4.48. The Balaban J connectivity index is 1.33. The van der Waals surface area contributed by atoms with Gasteiger partial charge in [0.15, 0.2) is 0 Å². The van der Waals surface area contributed by atoms with Gasteiger partial charge in [0.1, 0.15) is 11.5 Å². The maximum absolute atomic E-state index is 12.4. The number of carbonyl (C=O) groups excluding carboxylic acids is 2. The van der Waals surface area contributed by atoms with Gasteiger partial charge in [-0.25, -0.2) is 18.6 Å². The van der Waals surface area contributed by atoms with Crippen molar-refractivity contribution in [3.63, 3.8) is 0 Å². The van der Waals surface area contributed by atoms with Gasteiger partial charge >= 0.3 is 5.97 Å². The molecule has 0 fully saturated rings. The number of benzene rings is 4. The van der Waals surface area contributed by atoms with Crippen molar-refractivity contribution in [3.8, 4) is 11.5 Å². The number of esters is 1. The van der Waals surface area contributed by atoms with Crippen molar-refractivity contribution in [1.29, 1.82) is 0 Å². The molecule has 2 N–H and O–H groups in total. The third kappa shape index (κ3) is 6.83. The Labute approximate surface area is 219 Å². The molecule has 1 amide bonds. The first-order valence-electron chi connectivity index (χ1n) is 11.3. The summed E-state index contributed by atoms with van der Waals surface area (Å²) in [7, 11) is -2.19. The van der Waals surface area contributed by atoms with Gasteiger partial charge in [-0.3, -0.25) is 9.52 Å². The van der Waals surface area contributed by atoms with Gasteiger partial charge in [-0.2, -0.15) is 5.10 Å². The summed E-state index contributed by atoms with van der Waals surface area (Å²) in [6.45, 7) is 0. The number of amides is 1. The summed E-state index contributed by atoms with van der Waals surface area (Å²) in [5.41, 5.74) is 3.97. The minimum atomic E-state index is -3.73. The first kappa shape index (κ1) is 26.1. The van der Waals surface area contributed by atoms with Crippen molar-refractivity contribution in [2.75, 3.05) is 11.8 Å². The van der Waals surface area contributed by atoms with Crippen LogP contribution in [0.2, 0.25) is 0 Å². The summed E-state index contributed by atoms with van der Waals surface area (Å²) in [4.78, 5) is 24.9. The van der Waals surface area contributed by atoms with E-state index < -0.39 is 21.9 Å². The van der Waals surface area contributed by atoms with Crippen molar-refractivity contribution in [2.24, 2.45) is 5.10 Å². The van der Waals surface area contributed by atoms with Crippen molar-refractivity contribution < 1.29 is 27.5 Å². The Morgan fingerprint density at radius 2 is 1.47 bits per heavy atom. The Kier molecular flexibility index (Phi) is 8.14. The highest BCUT2D eigenvalue weighted by Gasteiger charge is 2.14. The number of ether oxygens (including phenoxy) is 2. The molecule has 0 bridgehead atoms. The van der Waals surface area contributed by atoms with Crippen LogP contribution in [0, 0.1) is 0 Å². The molecule has 38 heavy (non-hydrogen) atoms. The van der Waals surface area contributed by atoms with Crippen molar-refractivity contribution >= 4 is 33.8 Å². The summed E-state index contributed by atoms with van der Waals surface area (Å²) in [5, 5.41) is 3.95. The number of sulfonamides is 1.